The van der Waals surface area contributed by atoms with Gasteiger partial charge in [0.05, 0.1) is 5.76 Å². The number of ketones is 1. The van der Waals surface area contributed by atoms with Gasteiger partial charge in [-0.15, -0.1) is 0 Å². The Morgan fingerprint density at radius 1 is 0.977 bits per heavy atom. The number of fused-ring (bicyclic) bond motifs is 3. The molecule has 44 heavy (non-hydrogen) atoms. The quantitative estimate of drug-likeness (QED) is 0.0695. The molecule has 6 heteroatoms. The molecule has 3 nitrogen and oxygen atoms in total. The van der Waals surface area contributed by atoms with Crippen molar-refractivity contribution >= 4 is 56.8 Å². The van der Waals surface area contributed by atoms with Crippen LogP contribution in [0.5, 0.6) is 0 Å². The summed E-state index contributed by atoms with van der Waals surface area (Å²) < 4.78 is 1.56. The number of benzene rings is 3. The molecule has 1 aromatic heterocycles. The number of nitrogens with zero attached hydrogens (tertiary/aromatic N) is 1. The Hall–Kier alpha value is -1.92. The largest absolute Gasteiger partial charge is 0.512 e. The first-order chi connectivity index (χ1) is 20.4. The van der Waals surface area contributed by atoms with Crippen molar-refractivity contribution in [1.29, 1.82) is 0 Å². The first kappa shape index (κ1) is 36.5. The minimum atomic E-state index is -1.94. The van der Waals surface area contributed by atoms with Crippen molar-refractivity contribution in [2.45, 2.75) is 100 Å². The number of hydrogen-bond acceptors (Lipinski definition) is 4. The summed E-state index contributed by atoms with van der Waals surface area (Å²) >= 11 is -0.00204. The summed E-state index contributed by atoms with van der Waals surface area (Å²) in [4.78, 5) is 19.3. The fraction of sp³-hybridized carbons (Fsp3) is 0.421. The standard InChI is InChI=1S/C25H24GeNS.C13H24O2.Ir/c1-15(2)22-19-9-7-6-8-16(19)13-20-24-23-17(10-11-27-24)12-18(26(3,4)5)14-21(23)28-25(20)22;1-5-10(6-2)12(14)9-13(15)11(7-3)8-4;/h6-12,14-15H,1-5H3;9-11,14H,5-8H2,1-4H3;/q-1;;/b;12-9-;. The van der Waals surface area contributed by atoms with Gasteiger partial charge in [-0.25, -0.2) is 0 Å². The molecule has 1 radical (unpaired) electrons. The zero-order valence-corrected chi connectivity index (χ0v) is 33.1. The third-order valence-electron chi connectivity index (χ3n) is 8.75. The van der Waals surface area contributed by atoms with Crippen molar-refractivity contribution < 1.29 is 30.0 Å². The van der Waals surface area contributed by atoms with E-state index >= 15 is 0 Å². The summed E-state index contributed by atoms with van der Waals surface area (Å²) in [6.45, 7) is 12.7. The summed E-state index contributed by atoms with van der Waals surface area (Å²) in [6, 6.07) is 19.4. The summed E-state index contributed by atoms with van der Waals surface area (Å²) in [7, 11) is 0. The average Bonchev–Trinajstić information content (AvgIpc) is 2.97. The van der Waals surface area contributed by atoms with E-state index in [-0.39, 0.29) is 43.5 Å². The number of aliphatic hydroxyl groups excluding tert-OH is 1. The van der Waals surface area contributed by atoms with Crippen LogP contribution in [-0.2, 0) is 24.9 Å². The molecule has 0 bridgehead atoms. The third-order valence-corrected chi connectivity index (χ3v) is 14.2. The SMILES string of the molecule is CC(C)c1c2c([c-]c3ccccc13)-c1nccc3c[c]([Ge]([CH3])([CH3])[CH3])cc(c13)S2.CCC(CC)C(=O)/C=C(\O)C(CC)CC.[Ir]. The van der Waals surface area contributed by atoms with Crippen LogP contribution in [0.15, 0.2) is 70.3 Å². The molecule has 0 atom stereocenters. The molecule has 0 spiro atoms. The molecular formula is C38H48GeIrNO2S-. The summed E-state index contributed by atoms with van der Waals surface area (Å²) in [5.74, 6) is 8.41. The second-order valence-electron chi connectivity index (χ2n) is 13.0. The fourth-order valence-corrected chi connectivity index (χ4v) is 10.1. The Bertz CT molecular complexity index is 1650. The van der Waals surface area contributed by atoms with E-state index in [1.54, 1.807) is 4.40 Å². The zero-order valence-electron chi connectivity index (χ0n) is 27.8. The molecule has 0 unspecified atom stereocenters. The molecule has 3 aromatic carbocycles. The van der Waals surface area contributed by atoms with E-state index in [2.05, 4.69) is 79.6 Å². The van der Waals surface area contributed by atoms with E-state index in [1.165, 1.54) is 48.5 Å². The van der Waals surface area contributed by atoms with Gasteiger partial charge in [-0.1, -0.05) is 27.7 Å². The molecule has 0 saturated heterocycles. The Balaban J connectivity index is 0.000000286. The average molecular weight is 848 g/mol. The van der Waals surface area contributed by atoms with Crippen LogP contribution < -0.4 is 4.40 Å². The van der Waals surface area contributed by atoms with E-state index in [4.69, 9.17) is 4.98 Å². The number of carbonyl (C=O) groups excluding carboxylic acids is 1. The zero-order chi connectivity index (χ0) is 31.5. The molecule has 4 aromatic rings. The van der Waals surface area contributed by atoms with Crippen LogP contribution in [0, 0.1) is 17.9 Å². The predicted octanol–water partition coefficient (Wildman–Crippen LogP) is 10.9. The van der Waals surface area contributed by atoms with E-state index < -0.39 is 13.3 Å². The number of allylic oxidation sites excluding steroid dienone is 2. The Labute approximate surface area is 285 Å². The van der Waals surface area contributed by atoms with Crippen molar-refractivity contribution in [3.8, 4) is 11.3 Å². The molecular weight excluding hydrogens is 799 g/mol. The smallest absolute Gasteiger partial charge is 0.162 e. The van der Waals surface area contributed by atoms with Crippen molar-refractivity contribution in [2.75, 3.05) is 0 Å². The molecule has 1 aliphatic rings. The van der Waals surface area contributed by atoms with Gasteiger partial charge < -0.3 is 5.11 Å². The predicted molar refractivity (Wildman–Crippen MR) is 189 cm³/mol. The van der Waals surface area contributed by atoms with Gasteiger partial charge in [-0.3, -0.25) is 4.79 Å². The van der Waals surface area contributed by atoms with Crippen LogP contribution in [0.25, 0.3) is 32.8 Å². The fourth-order valence-electron chi connectivity index (χ4n) is 5.99. The summed E-state index contributed by atoms with van der Waals surface area (Å²) in [5, 5.41) is 14.9. The molecule has 1 aliphatic heterocycles. The summed E-state index contributed by atoms with van der Waals surface area (Å²) in [6.07, 6.45) is 6.88. The second kappa shape index (κ2) is 15.6. The third kappa shape index (κ3) is 7.71. The van der Waals surface area contributed by atoms with Crippen molar-refractivity contribution in [3.63, 3.8) is 0 Å². The van der Waals surface area contributed by atoms with Gasteiger partial charge in [0, 0.05) is 38.0 Å². The van der Waals surface area contributed by atoms with Crippen LogP contribution in [0.1, 0.15) is 78.7 Å². The molecule has 1 N–H and O–H groups in total. The van der Waals surface area contributed by atoms with Gasteiger partial charge in [0.25, 0.3) is 0 Å². The molecule has 237 valence electrons. The maximum atomic E-state index is 11.7. The molecule has 5 rings (SSSR count). The summed E-state index contributed by atoms with van der Waals surface area (Å²) in [5.41, 5.74) is 3.71. The van der Waals surface area contributed by atoms with Crippen LogP contribution in [-0.4, -0.2) is 29.1 Å². The van der Waals surface area contributed by atoms with Crippen molar-refractivity contribution in [3.05, 3.63) is 72.1 Å². The van der Waals surface area contributed by atoms with Gasteiger partial charge in [0.2, 0.25) is 0 Å². The maximum Gasteiger partial charge on any atom is 0.162 e. The first-order valence-corrected chi connectivity index (χ1v) is 24.1. The topological polar surface area (TPSA) is 50.2 Å². The van der Waals surface area contributed by atoms with Crippen LogP contribution >= 0.6 is 11.8 Å². The minimum Gasteiger partial charge on any atom is -0.512 e. The monoisotopic (exact) mass is 849 g/mol. The van der Waals surface area contributed by atoms with Gasteiger partial charge in [-0.2, -0.15) is 0 Å². The van der Waals surface area contributed by atoms with Crippen LogP contribution in [0.2, 0.25) is 17.3 Å². The number of pyridine rings is 1. The first-order valence-electron chi connectivity index (χ1n) is 16.0. The van der Waals surface area contributed by atoms with E-state index in [0.29, 0.717) is 5.92 Å². The van der Waals surface area contributed by atoms with Crippen LogP contribution in [0.4, 0.5) is 0 Å². The van der Waals surface area contributed by atoms with Gasteiger partial charge in [0.1, 0.15) is 0 Å². The van der Waals surface area contributed by atoms with Crippen molar-refractivity contribution in [1.82, 2.24) is 4.98 Å². The molecule has 0 amide bonds. The number of aromatic nitrogens is 1. The Kier molecular flexibility index (Phi) is 12.9. The van der Waals surface area contributed by atoms with Gasteiger partial charge >= 0.3 is 174 Å². The van der Waals surface area contributed by atoms with Gasteiger partial charge in [-0.05, 0) is 25.7 Å². The van der Waals surface area contributed by atoms with E-state index in [0.717, 1.165) is 31.4 Å². The van der Waals surface area contributed by atoms with Gasteiger partial charge in [0.15, 0.2) is 5.78 Å². The number of aliphatic hydroxyl groups is 1. The number of hydrogen-bond donors (Lipinski definition) is 1. The molecule has 0 saturated carbocycles. The second-order valence-corrected chi connectivity index (χ2v) is 24.7. The van der Waals surface area contributed by atoms with Crippen molar-refractivity contribution in [2.24, 2.45) is 11.8 Å². The van der Waals surface area contributed by atoms with E-state index in [1.807, 2.05) is 45.7 Å². The molecule has 2 heterocycles. The minimum absolute atomic E-state index is 0. The number of carbonyl (C=O) groups is 1. The van der Waals surface area contributed by atoms with E-state index in [9.17, 15) is 9.90 Å². The maximum absolute atomic E-state index is 11.7. The molecule has 0 aliphatic carbocycles. The normalized spacial score (nSPS) is 12.8. The number of rotatable bonds is 9. The Morgan fingerprint density at radius 3 is 2.20 bits per heavy atom. The van der Waals surface area contributed by atoms with Crippen LogP contribution in [0.3, 0.4) is 0 Å². The molecule has 0 fully saturated rings. The Morgan fingerprint density at radius 2 is 1.61 bits per heavy atom.